The summed E-state index contributed by atoms with van der Waals surface area (Å²) in [6, 6.07) is 8.93. The fourth-order valence-corrected chi connectivity index (χ4v) is 3.57. The zero-order valence-corrected chi connectivity index (χ0v) is 18.3. The Balaban J connectivity index is 1.99. The maximum Gasteiger partial charge on any atom is 0.234 e. The first-order valence-electron chi connectivity index (χ1n) is 8.89. The number of aryl methyl sites for hydroxylation is 1. The van der Waals surface area contributed by atoms with Crippen molar-refractivity contribution in [1.29, 1.82) is 0 Å². The highest BCUT2D eigenvalue weighted by atomic mass is 35.5. The summed E-state index contributed by atoms with van der Waals surface area (Å²) in [5, 5.41) is 4.08. The van der Waals surface area contributed by atoms with Crippen LogP contribution in [0.25, 0.3) is 0 Å². The minimum absolute atomic E-state index is 0.0841. The molecule has 0 fully saturated rings. The Labute approximate surface area is 176 Å². The molecule has 0 aromatic heterocycles. The smallest absolute Gasteiger partial charge is 0.234 e. The third-order valence-corrected chi connectivity index (χ3v) is 5.06. The largest absolute Gasteiger partial charge is 0.493 e. The van der Waals surface area contributed by atoms with Gasteiger partial charge in [-0.2, -0.15) is 0 Å². The van der Waals surface area contributed by atoms with Crippen LogP contribution in [0, 0.1) is 6.92 Å². The molecule has 0 heterocycles. The number of amides is 1. The molecule has 7 heteroatoms. The van der Waals surface area contributed by atoms with Crippen LogP contribution >= 0.6 is 23.2 Å². The van der Waals surface area contributed by atoms with Gasteiger partial charge in [-0.05, 0) is 61.9 Å². The summed E-state index contributed by atoms with van der Waals surface area (Å²) in [7, 11) is 5.12. The fraction of sp³-hybridized carbons (Fsp3) is 0.381. The maximum absolute atomic E-state index is 12.4. The number of benzene rings is 2. The van der Waals surface area contributed by atoms with E-state index in [2.05, 4.69) is 5.32 Å². The molecule has 2 aromatic rings. The van der Waals surface area contributed by atoms with E-state index < -0.39 is 0 Å². The van der Waals surface area contributed by atoms with Crippen molar-refractivity contribution in [3.8, 4) is 11.5 Å². The van der Waals surface area contributed by atoms with Gasteiger partial charge in [-0.15, -0.1) is 0 Å². The summed E-state index contributed by atoms with van der Waals surface area (Å²) < 4.78 is 10.7. The standard InChI is InChI=1S/C21H26Cl2N2O3/c1-13-8-19(27-4)20(28-5)9-15(13)11-25(3)12-21(26)24-14(2)17-7-6-16(22)10-18(17)23/h6-10,14H,11-12H2,1-5H3,(H,24,26)/t14-/m1/s1. The zero-order valence-electron chi connectivity index (χ0n) is 16.8. The summed E-state index contributed by atoms with van der Waals surface area (Å²) in [5.74, 6) is 1.28. The molecule has 0 aliphatic heterocycles. The third-order valence-electron chi connectivity index (χ3n) is 4.50. The number of nitrogens with one attached hydrogen (secondary N) is 1. The number of carbonyl (C=O) groups excluding carboxylic acids is 1. The molecule has 5 nitrogen and oxygen atoms in total. The Morgan fingerprint density at radius 3 is 2.39 bits per heavy atom. The monoisotopic (exact) mass is 424 g/mol. The van der Waals surface area contributed by atoms with Crippen molar-refractivity contribution in [1.82, 2.24) is 10.2 Å². The van der Waals surface area contributed by atoms with E-state index in [9.17, 15) is 4.79 Å². The Morgan fingerprint density at radius 2 is 1.79 bits per heavy atom. The van der Waals surface area contributed by atoms with Crippen LogP contribution in [0.5, 0.6) is 11.5 Å². The highest BCUT2D eigenvalue weighted by molar-refractivity contribution is 6.35. The molecule has 0 aliphatic carbocycles. The SMILES string of the molecule is COc1cc(C)c(CN(C)CC(=O)N[C@H](C)c2ccc(Cl)cc2Cl)cc1OC. The molecule has 0 unspecified atom stereocenters. The zero-order chi connectivity index (χ0) is 20.8. The van der Waals surface area contributed by atoms with Crippen molar-refractivity contribution in [2.24, 2.45) is 0 Å². The number of carbonyl (C=O) groups is 1. The van der Waals surface area contributed by atoms with Crippen LogP contribution in [-0.2, 0) is 11.3 Å². The molecule has 0 bridgehead atoms. The second-order valence-electron chi connectivity index (χ2n) is 6.76. The number of likely N-dealkylation sites (N-methyl/N-ethyl adjacent to an activating group) is 1. The summed E-state index contributed by atoms with van der Waals surface area (Å²) in [4.78, 5) is 14.4. The van der Waals surface area contributed by atoms with Crippen LogP contribution in [-0.4, -0.2) is 38.6 Å². The van der Waals surface area contributed by atoms with Gasteiger partial charge >= 0.3 is 0 Å². The molecule has 0 aliphatic rings. The van der Waals surface area contributed by atoms with E-state index in [1.165, 1.54) is 0 Å². The minimum atomic E-state index is -0.214. The maximum atomic E-state index is 12.4. The van der Waals surface area contributed by atoms with Crippen LogP contribution in [0.15, 0.2) is 30.3 Å². The predicted octanol–water partition coefficient (Wildman–Crippen LogP) is 4.63. The second-order valence-corrected chi connectivity index (χ2v) is 7.60. The lowest BCUT2D eigenvalue weighted by Gasteiger charge is -2.21. The van der Waals surface area contributed by atoms with Crippen molar-refractivity contribution in [3.63, 3.8) is 0 Å². The van der Waals surface area contributed by atoms with Crippen LogP contribution in [0.1, 0.15) is 29.7 Å². The van der Waals surface area contributed by atoms with E-state index in [1.54, 1.807) is 26.4 Å². The van der Waals surface area contributed by atoms with Gasteiger partial charge in [0.15, 0.2) is 11.5 Å². The average Bonchev–Trinajstić information content (AvgIpc) is 2.62. The number of rotatable bonds is 8. The van der Waals surface area contributed by atoms with Gasteiger partial charge in [0.2, 0.25) is 5.91 Å². The molecule has 28 heavy (non-hydrogen) atoms. The average molecular weight is 425 g/mol. The fourth-order valence-electron chi connectivity index (χ4n) is 3.00. The van der Waals surface area contributed by atoms with Gasteiger partial charge in [0.25, 0.3) is 0 Å². The van der Waals surface area contributed by atoms with Crippen molar-refractivity contribution < 1.29 is 14.3 Å². The van der Waals surface area contributed by atoms with E-state index in [-0.39, 0.29) is 18.5 Å². The molecular weight excluding hydrogens is 399 g/mol. The molecule has 1 N–H and O–H groups in total. The summed E-state index contributed by atoms with van der Waals surface area (Å²) in [6.07, 6.45) is 0. The number of hydrogen-bond acceptors (Lipinski definition) is 4. The van der Waals surface area contributed by atoms with E-state index in [0.717, 1.165) is 16.7 Å². The Kier molecular flexibility index (Phi) is 7.98. The number of nitrogens with zero attached hydrogens (tertiary/aromatic N) is 1. The summed E-state index contributed by atoms with van der Waals surface area (Å²) in [5.41, 5.74) is 2.98. The number of methoxy groups -OCH3 is 2. The van der Waals surface area contributed by atoms with Gasteiger partial charge in [0.05, 0.1) is 26.8 Å². The van der Waals surface area contributed by atoms with Gasteiger partial charge in [-0.1, -0.05) is 29.3 Å². The molecule has 0 radical (unpaired) electrons. The van der Waals surface area contributed by atoms with E-state index in [4.69, 9.17) is 32.7 Å². The van der Waals surface area contributed by atoms with E-state index in [0.29, 0.717) is 28.1 Å². The van der Waals surface area contributed by atoms with Gasteiger partial charge in [-0.3, -0.25) is 9.69 Å². The highest BCUT2D eigenvalue weighted by Crippen LogP contribution is 2.30. The number of ether oxygens (including phenoxy) is 2. The summed E-state index contributed by atoms with van der Waals surface area (Å²) in [6.45, 7) is 4.76. The lowest BCUT2D eigenvalue weighted by molar-refractivity contribution is -0.122. The van der Waals surface area contributed by atoms with E-state index in [1.807, 2.05) is 44.0 Å². The van der Waals surface area contributed by atoms with Gasteiger partial charge in [0.1, 0.15) is 0 Å². The Morgan fingerprint density at radius 1 is 1.14 bits per heavy atom. The van der Waals surface area contributed by atoms with Crippen LogP contribution < -0.4 is 14.8 Å². The van der Waals surface area contributed by atoms with Crippen LogP contribution in [0.3, 0.4) is 0 Å². The van der Waals surface area contributed by atoms with Crippen molar-refractivity contribution in [2.75, 3.05) is 27.8 Å². The van der Waals surface area contributed by atoms with Crippen molar-refractivity contribution in [2.45, 2.75) is 26.4 Å². The topological polar surface area (TPSA) is 50.8 Å². The lowest BCUT2D eigenvalue weighted by atomic mass is 10.1. The van der Waals surface area contributed by atoms with Crippen LogP contribution in [0.4, 0.5) is 0 Å². The lowest BCUT2D eigenvalue weighted by Crippen LogP contribution is -2.36. The van der Waals surface area contributed by atoms with E-state index >= 15 is 0 Å². The molecule has 0 saturated carbocycles. The normalized spacial score (nSPS) is 12.0. The van der Waals surface area contributed by atoms with Gasteiger partial charge in [-0.25, -0.2) is 0 Å². The van der Waals surface area contributed by atoms with Crippen LogP contribution in [0.2, 0.25) is 10.0 Å². The third kappa shape index (κ3) is 5.77. The molecule has 0 saturated heterocycles. The number of halogens is 2. The molecule has 2 aromatic carbocycles. The molecule has 0 spiro atoms. The first-order valence-corrected chi connectivity index (χ1v) is 9.65. The highest BCUT2D eigenvalue weighted by Gasteiger charge is 2.16. The van der Waals surface area contributed by atoms with Crippen molar-refractivity contribution >= 4 is 29.1 Å². The van der Waals surface area contributed by atoms with Crippen molar-refractivity contribution in [3.05, 3.63) is 57.1 Å². The molecule has 1 amide bonds. The Bertz CT molecular complexity index is 843. The first kappa shape index (κ1) is 22.3. The van der Waals surface area contributed by atoms with Gasteiger partial charge in [0, 0.05) is 16.6 Å². The predicted molar refractivity (Wildman–Crippen MR) is 114 cm³/mol. The molecule has 2 rings (SSSR count). The molecule has 1 atom stereocenters. The number of hydrogen-bond donors (Lipinski definition) is 1. The molecular formula is C21H26Cl2N2O3. The molecule has 152 valence electrons. The minimum Gasteiger partial charge on any atom is -0.493 e. The second kappa shape index (κ2) is 10.0. The quantitative estimate of drug-likeness (QED) is 0.670. The first-order chi connectivity index (χ1) is 13.2. The summed E-state index contributed by atoms with van der Waals surface area (Å²) >= 11 is 12.2. The van der Waals surface area contributed by atoms with Gasteiger partial charge < -0.3 is 14.8 Å². The Hall–Kier alpha value is -1.95.